The summed E-state index contributed by atoms with van der Waals surface area (Å²) in [6.45, 7) is 0. The standard InChI is InChI=1S/C13H14N4/c14-11-7-9-3-1-2-4-10(9)13(11)17-12-5-6-15-8-16-12/h1-6,8,11,13H,7,14H2,(H,15,16,17). The minimum Gasteiger partial charge on any atom is -0.362 e. The zero-order chi connectivity index (χ0) is 11.7. The van der Waals surface area contributed by atoms with Gasteiger partial charge in [0.25, 0.3) is 0 Å². The number of nitrogens with one attached hydrogen (secondary N) is 1. The molecule has 1 aliphatic carbocycles. The molecule has 0 saturated carbocycles. The van der Waals surface area contributed by atoms with E-state index >= 15 is 0 Å². The second-order valence-corrected chi connectivity index (χ2v) is 4.28. The maximum atomic E-state index is 6.17. The van der Waals surface area contributed by atoms with E-state index in [1.165, 1.54) is 17.5 Å². The highest BCUT2D eigenvalue weighted by Crippen LogP contribution is 2.32. The Morgan fingerprint density at radius 2 is 2.12 bits per heavy atom. The van der Waals surface area contributed by atoms with Crippen molar-refractivity contribution in [2.75, 3.05) is 5.32 Å². The summed E-state index contributed by atoms with van der Waals surface area (Å²) in [6, 6.07) is 10.5. The Morgan fingerprint density at radius 3 is 2.94 bits per heavy atom. The van der Waals surface area contributed by atoms with Crippen LogP contribution in [0.5, 0.6) is 0 Å². The Kier molecular flexibility index (Phi) is 2.49. The van der Waals surface area contributed by atoms with Gasteiger partial charge in [0.1, 0.15) is 12.1 Å². The van der Waals surface area contributed by atoms with Crippen LogP contribution in [-0.4, -0.2) is 16.0 Å². The van der Waals surface area contributed by atoms with Gasteiger partial charge in [-0.25, -0.2) is 9.97 Å². The first-order valence-electron chi connectivity index (χ1n) is 5.70. The van der Waals surface area contributed by atoms with Gasteiger partial charge in [-0.15, -0.1) is 0 Å². The van der Waals surface area contributed by atoms with Crippen LogP contribution in [0.25, 0.3) is 0 Å². The van der Waals surface area contributed by atoms with Gasteiger partial charge in [-0.3, -0.25) is 0 Å². The van der Waals surface area contributed by atoms with Crippen molar-refractivity contribution in [2.24, 2.45) is 5.73 Å². The lowest BCUT2D eigenvalue weighted by Crippen LogP contribution is -2.30. The fourth-order valence-corrected chi connectivity index (χ4v) is 2.35. The van der Waals surface area contributed by atoms with Gasteiger partial charge in [-0.2, -0.15) is 0 Å². The predicted molar refractivity (Wildman–Crippen MR) is 66.5 cm³/mol. The van der Waals surface area contributed by atoms with Crippen LogP contribution in [0.4, 0.5) is 5.82 Å². The fourth-order valence-electron chi connectivity index (χ4n) is 2.35. The normalized spacial score (nSPS) is 22.2. The van der Waals surface area contributed by atoms with Crippen molar-refractivity contribution >= 4 is 5.82 Å². The molecule has 2 unspecified atom stereocenters. The Bertz CT molecular complexity index is 512. The summed E-state index contributed by atoms with van der Waals surface area (Å²) in [5.41, 5.74) is 8.77. The molecule has 4 heteroatoms. The van der Waals surface area contributed by atoms with Crippen molar-refractivity contribution in [1.29, 1.82) is 0 Å². The van der Waals surface area contributed by atoms with E-state index < -0.39 is 0 Å². The Balaban J connectivity index is 1.89. The number of aromatic nitrogens is 2. The van der Waals surface area contributed by atoms with E-state index in [2.05, 4.69) is 33.5 Å². The van der Waals surface area contributed by atoms with Crippen LogP contribution in [-0.2, 0) is 6.42 Å². The van der Waals surface area contributed by atoms with Crippen LogP contribution >= 0.6 is 0 Å². The second kappa shape index (κ2) is 4.14. The molecule has 2 atom stereocenters. The van der Waals surface area contributed by atoms with Gasteiger partial charge in [-0.1, -0.05) is 24.3 Å². The molecule has 0 radical (unpaired) electrons. The lowest BCUT2D eigenvalue weighted by Gasteiger charge is -2.18. The zero-order valence-corrected chi connectivity index (χ0v) is 9.38. The third kappa shape index (κ3) is 1.87. The largest absolute Gasteiger partial charge is 0.362 e. The van der Waals surface area contributed by atoms with Gasteiger partial charge < -0.3 is 11.1 Å². The van der Waals surface area contributed by atoms with Gasteiger partial charge in [0, 0.05) is 12.2 Å². The molecule has 0 fully saturated rings. The molecule has 2 aromatic rings. The van der Waals surface area contributed by atoms with E-state index in [-0.39, 0.29) is 12.1 Å². The first-order valence-corrected chi connectivity index (χ1v) is 5.70. The van der Waals surface area contributed by atoms with Crippen LogP contribution < -0.4 is 11.1 Å². The van der Waals surface area contributed by atoms with Crippen LogP contribution in [0.1, 0.15) is 17.2 Å². The SMILES string of the molecule is NC1Cc2ccccc2C1Nc1ccncn1. The molecule has 1 heterocycles. The van der Waals surface area contributed by atoms with E-state index in [1.807, 2.05) is 12.1 Å². The predicted octanol–water partition coefficient (Wildman–Crippen LogP) is 1.51. The molecule has 4 nitrogen and oxygen atoms in total. The average Bonchev–Trinajstić information content (AvgIpc) is 2.68. The molecular weight excluding hydrogens is 212 g/mol. The fraction of sp³-hybridized carbons (Fsp3) is 0.231. The number of benzene rings is 1. The van der Waals surface area contributed by atoms with Crippen LogP contribution in [0, 0.1) is 0 Å². The highest BCUT2D eigenvalue weighted by atomic mass is 15.1. The number of nitrogens with zero attached hydrogens (tertiary/aromatic N) is 2. The molecule has 1 aromatic heterocycles. The molecule has 1 aliphatic rings. The number of hydrogen-bond acceptors (Lipinski definition) is 4. The molecule has 3 N–H and O–H groups in total. The Labute approximate surface area is 99.9 Å². The minimum atomic E-state index is 0.0994. The first-order chi connectivity index (χ1) is 8.34. The van der Waals surface area contributed by atoms with Crippen molar-refractivity contribution in [3.63, 3.8) is 0 Å². The Hall–Kier alpha value is -1.94. The summed E-state index contributed by atoms with van der Waals surface area (Å²) < 4.78 is 0. The van der Waals surface area contributed by atoms with Crippen molar-refractivity contribution in [2.45, 2.75) is 18.5 Å². The molecule has 1 aromatic carbocycles. The summed E-state index contributed by atoms with van der Waals surface area (Å²) in [7, 11) is 0. The quantitative estimate of drug-likeness (QED) is 0.814. The van der Waals surface area contributed by atoms with E-state index in [1.54, 1.807) is 6.20 Å². The van der Waals surface area contributed by atoms with E-state index in [0.29, 0.717) is 0 Å². The monoisotopic (exact) mass is 226 g/mol. The van der Waals surface area contributed by atoms with Crippen molar-refractivity contribution in [3.05, 3.63) is 54.0 Å². The van der Waals surface area contributed by atoms with Gasteiger partial charge >= 0.3 is 0 Å². The average molecular weight is 226 g/mol. The number of hydrogen-bond donors (Lipinski definition) is 2. The molecular formula is C13H14N4. The van der Waals surface area contributed by atoms with Gasteiger partial charge in [0.15, 0.2) is 0 Å². The number of fused-ring (bicyclic) bond motifs is 1. The maximum Gasteiger partial charge on any atom is 0.129 e. The lowest BCUT2D eigenvalue weighted by molar-refractivity contribution is 0.623. The second-order valence-electron chi connectivity index (χ2n) is 4.28. The van der Waals surface area contributed by atoms with Crippen molar-refractivity contribution in [1.82, 2.24) is 9.97 Å². The number of nitrogens with two attached hydrogens (primary N) is 1. The molecule has 0 spiro atoms. The Morgan fingerprint density at radius 1 is 1.24 bits per heavy atom. The van der Waals surface area contributed by atoms with E-state index in [4.69, 9.17) is 5.73 Å². The van der Waals surface area contributed by atoms with Crippen molar-refractivity contribution < 1.29 is 0 Å². The highest BCUT2D eigenvalue weighted by molar-refractivity contribution is 5.44. The maximum absolute atomic E-state index is 6.17. The summed E-state index contributed by atoms with van der Waals surface area (Å²) in [5.74, 6) is 0.817. The summed E-state index contributed by atoms with van der Waals surface area (Å²) >= 11 is 0. The van der Waals surface area contributed by atoms with Crippen LogP contribution in [0.3, 0.4) is 0 Å². The first kappa shape index (κ1) is 10.2. The zero-order valence-electron chi connectivity index (χ0n) is 9.38. The summed E-state index contributed by atoms with van der Waals surface area (Å²) in [4.78, 5) is 8.07. The van der Waals surface area contributed by atoms with Gasteiger partial charge in [0.2, 0.25) is 0 Å². The number of rotatable bonds is 2. The molecule has 0 bridgehead atoms. The topological polar surface area (TPSA) is 63.8 Å². The summed E-state index contributed by atoms with van der Waals surface area (Å²) in [5, 5.41) is 3.37. The van der Waals surface area contributed by atoms with E-state index in [9.17, 15) is 0 Å². The van der Waals surface area contributed by atoms with Crippen LogP contribution in [0.2, 0.25) is 0 Å². The highest BCUT2D eigenvalue weighted by Gasteiger charge is 2.29. The lowest BCUT2D eigenvalue weighted by atomic mass is 10.1. The van der Waals surface area contributed by atoms with E-state index in [0.717, 1.165) is 12.2 Å². The molecule has 17 heavy (non-hydrogen) atoms. The van der Waals surface area contributed by atoms with Gasteiger partial charge in [-0.05, 0) is 23.6 Å². The van der Waals surface area contributed by atoms with Crippen molar-refractivity contribution in [3.8, 4) is 0 Å². The van der Waals surface area contributed by atoms with Gasteiger partial charge in [0.05, 0.1) is 6.04 Å². The number of anilines is 1. The third-order valence-corrected chi connectivity index (χ3v) is 3.16. The summed E-state index contributed by atoms with van der Waals surface area (Å²) in [6.07, 6.45) is 4.18. The molecule has 0 saturated heterocycles. The molecule has 86 valence electrons. The molecule has 0 aliphatic heterocycles. The molecule has 0 amide bonds. The van der Waals surface area contributed by atoms with Crippen LogP contribution in [0.15, 0.2) is 42.9 Å². The minimum absolute atomic E-state index is 0.0994. The third-order valence-electron chi connectivity index (χ3n) is 3.16. The smallest absolute Gasteiger partial charge is 0.129 e. The molecule has 3 rings (SSSR count).